The maximum Gasteiger partial charge on any atom is 0.328 e. The van der Waals surface area contributed by atoms with Crippen molar-refractivity contribution in [3.05, 3.63) is 48.1 Å². The number of carbonyl (C=O) groups is 2. The van der Waals surface area contributed by atoms with Crippen molar-refractivity contribution < 1.29 is 14.7 Å². The number of aliphatic carboxylic acids is 1. The van der Waals surface area contributed by atoms with Gasteiger partial charge in [0.25, 0.3) is 0 Å². The Balaban J connectivity index is 2.78. The molecule has 1 aromatic rings. The van der Waals surface area contributed by atoms with Crippen LogP contribution in [0, 0.1) is 0 Å². The van der Waals surface area contributed by atoms with Gasteiger partial charge in [0.2, 0.25) is 0 Å². The Morgan fingerprint density at radius 3 is 2.71 bits per heavy atom. The summed E-state index contributed by atoms with van der Waals surface area (Å²) < 4.78 is 0. The average molecular weight is 288 g/mol. The molecule has 2 amide bonds. The van der Waals surface area contributed by atoms with E-state index in [9.17, 15) is 9.59 Å². The number of carboxylic acids is 1. The second-order valence-corrected chi connectivity index (χ2v) is 4.70. The number of hydrogen-bond acceptors (Lipinski definition) is 2. The Kier molecular flexibility index (Phi) is 6.20. The Morgan fingerprint density at radius 2 is 2.14 bits per heavy atom. The van der Waals surface area contributed by atoms with Gasteiger partial charge < -0.3 is 15.3 Å². The molecular weight excluding hydrogens is 268 g/mol. The summed E-state index contributed by atoms with van der Waals surface area (Å²) in [5.74, 6) is -1.01. The van der Waals surface area contributed by atoms with Gasteiger partial charge in [0.1, 0.15) is 0 Å². The summed E-state index contributed by atoms with van der Waals surface area (Å²) in [6, 6.07) is 6.78. The highest BCUT2D eigenvalue weighted by molar-refractivity contribution is 5.90. The molecule has 0 aromatic heterocycles. The fourth-order valence-corrected chi connectivity index (χ4v) is 1.74. The lowest BCUT2D eigenvalue weighted by Crippen LogP contribution is -2.35. The fourth-order valence-electron chi connectivity index (χ4n) is 1.74. The lowest BCUT2D eigenvalue weighted by atomic mass is 10.2. The van der Waals surface area contributed by atoms with Crippen molar-refractivity contribution in [2.75, 3.05) is 18.4 Å². The van der Waals surface area contributed by atoms with Crippen molar-refractivity contribution in [1.29, 1.82) is 0 Å². The van der Waals surface area contributed by atoms with Gasteiger partial charge in [0, 0.05) is 24.9 Å². The van der Waals surface area contributed by atoms with Gasteiger partial charge in [-0.05, 0) is 37.6 Å². The van der Waals surface area contributed by atoms with Crippen molar-refractivity contribution in [2.45, 2.75) is 13.8 Å². The van der Waals surface area contributed by atoms with E-state index in [4.69, 9.17) is 5.11 Å². The van der Waals surface area contributed by atoms with Gasteiger partial charge in [-0.3, -0.25) is 0 Å². The number of benzene rings is 1. The summed E-state index contributed by atoms with van der Waals surface area (Å²) in [5.41, 5.74) is 2.23. The minimum absolute atomic E-state index is 0.208. The van der Waals surface area contributed by atoms with Gasteiger partial charge in [0.05, 0.1) is 0 Å². The van der Waals surface area contributed by atoms with E-state index in [0.717, 1.165) is 11.6 Å². The molecular formula is C16H20N2O3. The zero-order chi connectivity index (χ0) is 15.8. The van der Waals surface area contributed by atoms with Crippen LogP contribution >= 0.6 is 0 Å². The standard InChI is InChI=1S/C16H20N2O3/c1-4-18(11-12(2)3)16(21)17-14-7-5-6-13(10-14)8-9-15(19)20/h5-10H,2,4,11H2,1,3H3,(H,17,21)(H,19,20)/b9-8+. The van der Waals surface area contributed by atoms with Crippen LogP contribution in [0.4, 0.5) is 10.5 Å². The van der Waals surface area contributed by atoms with Crippen molar-refractivity contribution in [2.24, 2.45) is 0 Å². The third-order valence-corrected chi connectivity index (χ3v) is 2.69. The molecule has 2 N–H and O–H groups in total. The van der Waals surface area contributed by atoms with Crippen molar-refractivity contribution in [3.8, 4) is 0 Å². The molecule has 5 heteroatoms. The molecule has 0 unspecified atom stereocenters. The van der Waals surface area contributed by atoms with E-state index in [1.54, 1.807) is 29.2 Å². The molecule has 112 valence electrons. The zero-order valence-corrected chi connectivity index (χ0v) is 12.3. The molecule has 0 fully saturated rings. The first-order valence-corrected chi connectivity index (χ1v) is 6.63. The number of rotatable bonds is 6. The Morgan fingerprint density at radius 1 is 1.43 bits per heavy atom. The minimum atomic E-state index is -1.01. The number of anilines is 1. The van der Waals surface area contributed by atoms with Crippen LogP contribution in [-0.2, 0) is 4.79 Å². The molecule has 0 saturated heterocycles. The summed E-state index contributed by atoms with van der Waals surface area (Å²) in [6.07, 6.45) is 2.53. The van der Waals surface area contributed by atoms with E-state index in [-0.39, 0.29) is 6.03 Å². The van der Waals surface area contributed by atoms with Crippen LogP contribution in [0.2, 0.25) is 0 Å². The second kappa shape index (κ2) is 7.89. The quantitative estimate of drug-likeness (QED) is 0.623. The molecule has 0 bridgehead atoms. The molecule has 0 heterocycles. The summed E-state index contributed by atoms with van der Waals surface area (Å²) in [6.45, 7) is 8.65. The third-order valence-electron chi connectivity index (χ3n) is 2.69. The van der Waals surface area contributed by atoms with Gasteiger partial charge in [0.15, 0.2) is 0 Å². The summed E-state index contributed by atoms with van der Waals surface area (Å²) in [7, 11) is 0. The number of nitrogens with zero attached hydrogens (tertiary/aromatic N) is 1. The molecule has 0 atom stereocenters. The van der Waals surface area contributed by atoms with Gasteiger partial charge in [-0.25, -0.2) is 9.59 Å². The van der Waals surface area contributed by atoms with Crippen LogP contribution in [0.15, 0.2) is 42.5 Å². The SMILES string of the molecule is C=C(C)CN(CC)C(=O)Nc1cccc(/C=C/C(=O)O)c1. The summed E-state index contributed by atoms with van der Waals surface area (Å²) >= 11 is 0. The lowest BCUT2D eigenvalue weighted by molar-refractivity contribution is -0.131. The van der Waals surface area contributed by atoms with Gasteiger partial charge in [-0.2, -0.15) is 0 Å². The molecule has 0 saturated carbocycles. The third kappa shape index (κ3) is 5.95. The van der Waals surface area contributed by atoms with Crippen LogP contribution < -0.4 is 5.32 Å². The molecule has 5 nitrogen and oxygen atoms in total. The number of amides is 2. The first-order valence-electron chi connectivity index (χ1n) is 6.63. The predicted octanol–water partition coefficient (Wildman–Crippen LogP) is 3.21. The van der Waals surface area contributed by atoms with E-state index in [1.807, 2.05) is 13.8 Å². The fraction of sp³-hybridized carbons (Fsp3) is 0.250. The number of carbonyl (C=O) groups excluding carboxylic acids is 1. The van der Waals surface area contributed by atoms with Gasteiger partial charge in [-0.15, -0.1) is 0 Å². The van der Waals surface area contributed by atoms with Crippen LogP contribution in [0.1, 0.15) is 19.4 Å². The van der Waals surface area contributed by atoms with Crippen molar-refractivity contribution >= 4 is 23.8 Å². The molecule has 0 aliphatic heterocycles. The highest BCUT2D eigenvalue weighted by Crippen LogP contribution is 2.13. The molecule has 21 heavy (non-hydrogen) atoms. The Hall–Kier alpha value is -2.56. The van der Waals surface area contributed by atoms with Crippen LogP contribution in [-0.4, -0.2) is 35.1 Å². The Bertz CT molecular complexity index is 564. The van der Waals surface area contributed by atoms with E-state index < -0.39 is 5.97 Å². The number of hydrogen-bond donors (Lipinski definition) is 2. The van der Waals surface area contributed by atoms with Crippen LogP contribution in [0.25, 0.3) is 6.08 Å². The number of carboxylic acid groups (broad SMARTS) is 1. The molecule has 0 aliphatic rings. The summed E-state index contributed by atoms with van der Waals surface area (Å²) in [4.78, 5) is 24.3. The molecule has 1 rings (SSSR count). The Labute approximate surface area is 124 Å². The maximum atomic E-state index is 12.1. The lowest BCUT2D eigenvalue weighted by Gasteiger charge is -2.21. The monoisotopic (exact) mass is 288 g/mol. The number of likely N-dealkylation sites (N-methyl/N-ethyl adjacent to an activating group) is 1. The first-order chi connectivity index (χ1) is 9.92. The van der Waals surface area contributed by atoms with E-state index in [2.05, 4.69) is 11.9 Å². The number of nitrogens with one attached hydrogen (secondary N) is 1. The number of urea groups is 1. The van der Waals surface area contributed by atoms with Crippen molar-refractivity contribution in [3.63, 3.8) is 0 Å². The van der Waals surface area contributed by atoms with E-state index in [1.165, 1.54) is 6.08 Å². The zero-order valence-electron chi connectivity index (χ0n) is 12.3. The molecule has 1 aromatic carbocycles. The van der Waals surface area contributed by atoms with E-state index >= 15 is 0 Å². The van der Waals surface area contributed by atoms with Crippen molar-refractivity contribution in [1.82, 2.24) is 4.90 Å². The smallest absolute Gasteiger partial charge is 0.328 e. The van der Waals surface area contributed by atoms with Crippen LogP contribution in [0.5, 0.6) is 0 Å². The highest BCUT2D eigenvalue weighted by Gasteiger charge is 2.11. The normalized spacial score (nSPS) is 10.4. The van der Waals surface area contributed by atoms with Crippen LogP contribution in [0.3, 0.4) is 0 Å². The van der Waals surface area contributed by atoms with Gasteiger partial charge in [-0.1, -0.05) is 24.3 Å². The average Bonchev–Trinajstić information content (AvgIpc) is 2.42. The largest absolute Gasteiger partial charge is 0.478 e. The summed E-state index contributed by atoms with van der Waals surface area (Å²) in [5, 5.41) is 11.4. The first kappa shape index (κ1) is 16.5. The predicted molar refractivity (Wildman–Crippen MR) is 84.2 cm³/mol. The topological polar surface area (TPSA) is 69.6 Å². The highest BCUT2D eigenvalue weighted by atomic mass is 16.4. The minimum Gasteiger partial charge on any atom is -0.478 e. The molecule has 0 spiro atoms. The van der Waals surface area contributed by atoms with Gasteiger partial charge >= 0.3 is 12.0 Å². The molecule has 0 radical (unpaired) electrons. The second-order valence-electron chi connectivity index (χ2n) is 4.70. The maximum absolute atomic E-state index is 12.1. The molecule has 0 aliphatic carbocycles. The van der Waals surface area contributed by atoms with E-state index in [0.29, 0.717) is 24.3 Å².